The molecule has 0 saturated heterocycles. The summed E-state index contributed by atoms with van der Waals surface area (Å²) in [6.45, 7) is 0.468. The van der Waals surface area contributed by atoms with E-state index >= 15 is 0 Å². The number of nitrogens with one attached hydrogen (secondary N) is 1. The second kappa shape index (κ2) is 6.26. The van der Waals surface area contributed by atoms with Gasteiger partial charge in [-0.15, -0.1) is 0 Å². The number of amides is 2. The third-order valence-corrected chi connectivity index (χ3v) is 4.13. The molecule has 0 atom stereocenters. The quantitative estimate of drug-likeness (QED) is 0.879. The van der Waals surface area contributed by atoms with E-state index in [1.54, 1.807) is 38.4 Å². The van der Waals surface area contributed by atoms with Gasteiger partial charge in [0, 0.05) is 31.8 Å². The van der Waals surface area contributed by atoms with E-state index in [4.69, 9.17) is 5.73 Å². The van der Waals surface area contributed by atoms with Gasteiger partial charge in [-0.3, -0.25) is 9.59 Å². The molecule has 1 aliphatic carbocycles. The van der Waals surface area contributed by atoms with E-state index in [0.717, 1.165) is 25.7 Å². The van der Waals surface area contributed by atoms with E-state index in [2.05, 4.69) is 5.32 Å². The lowest BCUT2D eigenvalue weighted by atomic mass is 9.97. The van der Waals surface area contributed by atoms with Crippen molar-refractivity contribution in [3.63, 3.8) is 0 Å². The first-order valence-electron chi connectivity index (χ1n) is 7.32. The Balaban J connectivity index is 2.08. The number of hydrogen-bond donors (Lipinski definition) is 2. The highest BCUT2D eigenvalue weighted by molar-refractivity contribution is 5.97. The van der Waals surface area contributed by atoms with Crippen molar-refractivity contribution < 1.29 is 9.59 Å². The fourth-order valence-electron chi connectivity index (χ4n) is 2.77. The first-order chi connectivity index (χ1) is 9.97. The molecule has 0 unspecified atom stereocenters. The van der Waals surface area contributed by atoms with Gasteiger partial charge in [0.05, 0.1) is 5.54 Å². The maximum absolute atomic E-state index is 12.3. The van der Waals surface area contributed by atoms with Gasteiger partial charge in [-0.05, 0) is 37.1 Å². The molecule has 1 saturated carbocycles. The van der Waals surface area contributed by atoms with Crippen LogP contribution in [0.3, 0.4) is 0 Å². The van der Waals surface area contributed by atoms with E-state index in [-0.39, 0.29) is 17.4 Å². The molecule has 0 aliphatic heterocycles. The van der Waals surface area contributed by atoms with Crippen molar-refractivity contribution in [2.75, 3.05) is 20.6 Å². The summed E-state index contributed by atoms with van der Waals surface area (Å²) in [7, 11) is 3.40. The standard InChI is InChI=1S/C16H23N3O2/c1-19(2)15(21)13-7-5-12(6-8-13)14(20)18-16(11-17)9-3-4-10-16/h5-8H,3-4,9-11,17H2,1-2H3,(H,18,20). The van der Waals surface area contributed by atoms with Gasteiger partial charge in [0.1, 0.15) is 0 Å². The molecule has 114 valence electrons. The van der Waals surface area contributed by atoms with Crippen LogP contribution in [0.5, 0.6) is 0 Å². The zero-order valence-electron chi connectivity index (χ0n) is 12.7. The number of benzene rings is 1. The number of hydrogen-bond acceptors (Lipinski definition) is 3. The van der Waals surface area contributed by atoms with Gasteiger partial charge in [0.25, 0.3) is 11.8 Å². The molecule has 5 heteroatoms. The van der Waals surface area contributed by atoms with Gasteiger partial charge in [0.2, 0.25) is 0 Å². The summed E-state index contributed by atoms with van der Waals surface area (Å²) in [5.41, 5.74) is 6.71. The molecule has 0 bridgehead atoms. The number of carbonyl (C=O) groups is 2. The average molecular weight is 289 g/mol. The Morgan fingerprint density at radius 2 is 1.67 bits per heavy atom. The van der Waals surface area contributed by atoms with Crippen molar-refractivity contribution in [1.29, 1.82) is 0 Å². The fourth-order valence-corrected chi connectivity index (χ4v) is 2.77. The van der Waals surface area contributed by atoms with Gasteiger partial charge in [-0.2, -0.15) is 0 Å². The molecule has 0 aromatic heterocycles. The molecule has 1 aliphatic rings. The molecule has 0 spiro atoms. The van der Waals surface area contributed by atoms with Crippen LogP contribution >= 0.6 is 0 Å². The number of carbonyl (C=O) groups excluding carboxylic acids is 2. The lowest BCUT2D eigenvalue weighted by Crippen LogP contribution is -2.51. The van der Waals surface area contributed by atoms with Crippen molar-refractivity contribution in [3.05, 3.63) is 35.4 Å². The molecule has 3 N–H and O–H groups in total. The van der Waals surface area contributed by atoms with Gasteiger partial charge in [-0.25, -0.2) is 0 Å². The molecule has 0 heterocycles. The highest BCUT2D eigenvalue weighted by Gasteiger charge is 2.34. The van der Waals surface area contributed by atoms with Crippen LogP contribution in [0.15, 0.2) is 24.3 Å². The Bertz CT molecular complexity index is 517. The van der Waals surface area contributed by atoms with Crippen LogP contribution in [0.2, 0.25) is 0 Å². The van der Waals surface area contributed by atoms with E-state index in [1.165, 1.54) is 4.90 Å². The largest absolute Gasteiger partial charge is 0.345 e. The predicted molar refractivity (Wildman–Crippen MR) is 82.2 cm³/mol. The van der Waals surface area contributed by atoms with Crippen LogP contribution in [0.4, 0.5) is 0 Å². The summed E-state index contributed by atoms with van der Waals surface area (Å²) in [4.78, 5) is 25.6. The number of nitrogens with two attached hydrogens (primary N) is 1. The van der Waals surface area contributed by atoms with Crippen LogP contribution in [-0.4, -0.2) is 42.9 Å². The van der Waals surface area contributed by atoms with Crippen molar-refractivity contribution in [2.45, 2.75) is 31.2 Å². The van der Waals surface area contributed by atoms with Crippen molar-refractivity contribution >= 4 is 11.8 Å². The second-order valence-corrected chi connectivity index (χ2v) is 5.92. The van der Waals surface area contributed by atoms with Gasteiger partial charge in [0.15, 0.2) is 0 Å². The van der Waals surface area contributed by atoms with Crippen LogP contribution < -0.4 is 11.1 Å². The van der Waals surface area contributed by atoms with E-state index in [1.807, 2.05) is 0 Å². The normalized spacial score (nSPS) is 16.5. The minimum atomic E-state index is -0.255. The monoisotopic (exact) mass is 289 g/mol. The summed E-state index contributed by atoms with van der Waals surface area (Å²) >= 11 is 0. The molecule has 2 rings (SSSR count). The first kappa shape index (κ1) is 15.5. The second-order valence-electron chi connectivity index (χ2n) is 5.92. The van der Waals surface area contributed by atoms with Gasteiger partial charge >= 0.3 is 0 Å². The Hall–Kier alpha value is -1.88. The molecular weight excluding hydrogens is 266 g/mol. The van der Waals surface area contributed by atoms with Crippen LogP contribution in [-0.2, 0) is 0 Å². The van der Waals surface area contributed by atoms with Crippen molar-refractivity contribution in [2.24, 2.45) is 5.73 Å². The Kier molecular flexibility index (Phi) is 4.63. The summed E-state index contributed by atoms with van der Waals surface area (Å²) in [6.07, 6.45) is 4.08. The van der Waals surface area contributed by atoms with Crippen LogP contribution in [0.1, 0.15) is 46.4 Å². The van der Waals surface area contributed by atoms with E-state index in [0.29, 0.717) is 17.7 Å². The van der Waals surface area contributed by atoms with Crippen LogP contribution in [0, 0.1) is 0 Å². The predicted octanol–water partition coefficient (Wildman–Crippen LogP) is 1.39. The highest BCUT2D eigenvalue weighted by Crippen LogP contribution is 2.28. The zero-order chi connectivity index (χ0) is 15.5. The highest BCUT2D eigenvalue weighted by atomic mass is 16.2. The number of nitrogens with zero attached hydrogens (tertiary/aromatic N) is 1. The maximum Gasteiger partial charge on any atom is 0.253 e. The van der Waals surface area contributed by atoms with Crippen molar-refractivity contribution in [3.8, 4) is 0 Å². The van der Waals surface area contributed by atoms with E-state index < -0.39 is 0 Å². The lowest BCUT2D eigenvalue weighted by molar-refractivity contribution is 0.0825. The third kappa shape index (κ3) is 3.42. The SMILES string of the molecule is CN(C)C(=O)c1ccc(C(=O)NC2(CN)CCCC2)cc1. The molecular formula is C16H23N3O2. The van der Waals surface area contributed by atoms with Gasteiger partial charge in [-0.1, -0.05) is 12.8 Å². The summed E-state index contributed by atoms with van der Waals surface area (Å²) < 4.78 is 0. The average Bonchev–Trinajstić information content (AvgIpc) is 2.95. The lowest BCUT2D eigenvalue weighted by Gasteiger charge is -2.28. The fraction of sp³-hybridized carbons (Fsp3) is 0.500. The first-order valence-corrected chi connectivity index (χ1v) is 7.32. The summed E-state index contributed by atoms with van der Waals surface area (Å²) in [5.74, 6) is -0.192. The summed E-state index contributed by atoms with van der Waals surface area (Å²) in [6, 6.07) is 6.73. The van der Waals surface area contributed by atoms with Gasteiger partial charge < -0.3 is 16.0 Å². The Labute approximate surface area is 125 Å². The summed E-state index contributed by atoms with van der Waals surface area (Å²) in [5, 5.41) is 3.07. The smallest absolute Gasteiger partial charge is 0.253 e. The third-order valence-electron chi connectivity index (χ3n) is 4.13. The Morgan fingerprint density at radius 1 is 1.14 bits per heavy atom. The molecule has 5 nitrogen and oxygen atoms in total. The molecule has 1 fully saturated rings. The minimum Gasteiger partial charge on any atom is -0.345 e. The maximum atomic E-state index is 12.3. The van der Waals surface area contributed by atoms with E-state index in [9.17, 15) is 9.59 Å². The Morgan fingerprint density at radius 3 is 2.14 bits per heavy atom. The number of rotatable bonds is 4. The minimum absolute atomic E-state index is 0.0730. The molecule has 1 aromatic carbocycles. The molecule has 1 aromatic rings. The molecule has 0 radical (unpaired) electrons. The zero-order valence-corrected chi connectivity index (χ0v) is 12.7. The molecule has 2 amide bonds. The van der Waals surface area contributed by atoms with Crippen LogP contribution in [0.25, 0.3) is 0 Å². The molecule has 21 heavy (non-hydrogen) atoms. The van der Waals surface area contributed by atoms with Crippen molar-refractivity contribution in [1.82, 2.24) is 10.2 Å². The topological polar surface area (TPSA) is 75.4 Å².